The van der Waals surface area contributed by atoms with Crippen molar-refractivity contribution in [1.82, 2.24) is 0 Å². The fourth-order valence-electron chi connectivity index (χ4n) is 3.41. The highest BCUT2D eigenvalue weighted by molar-refractivity contribution is 5.40. The first-order valence-corrected chi connectivity index (χ1v) is 6.01. The molecule has 6 N–H and O–H groups in total. The van der Waals surface area contributed by atoms with E-state index in [1.54, 1.807) is 13.8 Å². The molecule has 0 bridgehead atoms. The van der Waals surface area contributed by atoms with Gasteiger partial charge >= 0.3 is 0 Å². The van der Waals surface area contributed by atoms with Gasteiger partial charge in [0.05, 0.1) is 12.7 Å². The maximum atomic E-state index is 10.4. The van der Waals surface area contributed by atoms with Crippen molar-refractivity contribution in [2.45, 2.75) is 56.7 Å². The first kappa shape index (κ1) is 14.2. The minimum Gasteiger partial charge on any atom is -0.393 e. The van der Waals surface area contributed by atoms with Crippen molar-refractivity contribution in [1.29, 1.82) is 0 Å². The van der Waals surface area contributed by atoms with Crippen molar-refractivity contribution in [3.05, 3.63) is 0 Å². The lowest BCUT2D eigenvalue weighted by Gasteiger charge is -2.28. The van der Waals surface area contributed by atoms with E-state index in [0.29, 0.717) is 0 Å². The molecule has 0 heterocycles. The van der Waals surface area contributed by atoms with Gasteiger partial charge in [0.1, 0.15) is 22.9 Å². The highest BCUT2D eigenvalue weighted by atomic mass is 16.4. The average molecular weight is 262 g/mol. The zero-order valence-electron chi connectivity index (χ0n) is 11.0. The summed E-state index contributed by atoms with van der Waals surface area (Å²) in [6.07, 6.45) is -2.94. The fraction of sp³-hybridized carbons (Fsp3) is 1.00. The molecule has 2 rings (SSSR count). The minimum atomic E-state index is -2.06. The van der Waals surface area contributed by atoms with Gasteiger partial charge in [0.15, 0.2) is 0 Å². The summed E-state index contributed by atoms with van der Waals surface area (Å²) in [5.74, 6) is 0. The summed E-state index contributed by atoms with van der Waals surface area (Å²) in [5, 5.41) is 60.0. The van der Waals surface area contributed by atoms with Crippen molar-refractivity contribution in [2.24, 2.45) is 10.8 Å². The predicted octanol–water partition coefficient (Wildman–Crippen LogP) is -2.03. The van der Waals surface area contributed by atoms with E-state index in [1.807, 2.05) is 0 Å². The van der Waals surface area contributed by atoms with Gasteiger partial charge in [0, 0.05) is 10.8 Å². The Balaban J connectivity index is 2.36. The van der Waals surface area contributed by atoms with Gasteiger partial charge < -0.3 is 30.6 Å². The van der Waals surface area contributed by atoms with E-state index in [-0.39, 0.29) is 0 Å². The Kier molecular flexibility index (Phi) is 2.43. The molecule has 0 amide bonds. The number of hydrogen-bond donors (Lipinski definition) is 6. The van der Waals surface area contributed by atoms with Gasteiger partial charge in [-0.05, 0) is 0 Å². The molecule has 1 unspecified atom stereocenters. The van der Waals surface area contributed by atoms with Gasteiger partial charge in [-0.25, -0.2) is 0 Å². The van der Waals surface area contributed by atoms with Crippen molar-refractivity contribution in [3.63, 3.8) is 0 Å². The van der Waals surface area contributed by atoms with Crippen LogP contribution < -0.4 is 0 Å². The van der Waals surface area contributed by atoms with Crippen LogP contribution in [0.2, 0.25) is 0 Å². The standard InChI is InChI=1S/C12H22O6/c1-8(2)6(14)11(8,17)7(15)12(18)9(3,4)10(12,16)5-13/h6-7,13-18H,5H2,1-4H3/t6?,7-,10+,11-,12-/m1/s1. The second-order valence-corrected chi connectivity index (χ2v) is 6.76. The molecule has 0 radical (unpaired) electrons. The van der Waals surface area contributed by atoms with Crippen LogP contribution in [0.5, 0.6) is 0 Å². The summed E-state index contributed by atoms with van der Waals surface area (Å²) in [4.78, 5) is 0. The van der Waals surface area contributed by atoms with E-state index in [0.717, 1.165) is 0 Å². The lowest BCUT2D eigenvalue weighted by Crippen LogP contribution is -2.51. The van der Waals surface area contributed by atoms with Crippen LogP contribution in [-0.2, 0) is 0 Å². The van der Waals surface area contributed by atoms with E-state index < -0.39 is 46.4 Å². The Morgan fingerprint density at radius 3 is 1.67 bits per heavy atom. The van der Waals surface area contributed by atoms with Crippen LogP contribution in [0.1, 0.15) is 27.7 Å². The van der Waals surface area contributed by atoms with Crippen LogP contribution in [0.25, 0.3) is 0 Å². The predicted molar refractivity (Wildman–Crippen MR) is 61.5 cm³/mol. The largest absolute Gasteiger partial charge is 0.393 e. The molecular weight excluding hydrogens is 240 g/mol. The Hall–Kier alpha value is -0.240. The van der Waals surface area contributed by atoms with Gasteiger partial charge in [-0.15, -0.1) is 0 Å². The highest BCUT2D eigenvalue weighted by Gasteiger charge is 2.91. The van der Waals surface area contributed by atoms with Crippen LogP contribution in [0.4, 0.5) is 0 Å². The molecule has 0 aliphatic heterocycles. The molecule has 106 valence electrons. The average Bonchev–Trinajstić information content (AvgIpc) is 2.86. The lowest BCUT2D eigenvalue weighted by molar-refractivity contribution is -0.145. The Morgan fingerprint density at radius 1 is 1.06 bits per heavy atom. The molecular formula is C12H22O6. The zero-order chi connectivity index (χ0) is 14.4. The van der Waals surface area contributed by atoms with Crippen LogP contribution in [0.15, 0.2) is 0 Å². The number of rotatable bonds is 3. The van der Waals surface area contributed by atoms with Crippen molar-refractivity contribution < 1.29 is 30.6 Å². The van der Waals surface area contributed by atoms with E-state index in [2.05, 4.69) is 0 Å². The van der Waals surface area contributed by atoms with E-state index in [4.69, 9.17) is 0 Å². The van der Waals surface area contributed by atoms with Crippen molar-refractivity contribution in [3.8, 4) is 0 Å². The summed E-state index contributed by atoms with van der Waals surface area (Å²) in [6.45, 7) is 5.34. The third-order valence-electron chi connectivity index (χ3n) is 5.65. The maximum absolute atomic E-state index is 10.4. The van der Waals surface area contributed by atoms with Crippen molar-refractivity contribution in [2.75, 3.05) is 6.61 Å². The molecule has 2 aliphatic rings. The summed E-state index contributed by atoms with van der Waals surface area (Å²) in [6, 6.07) is 0. The quantitative estimate of drug-likeness (QED) is 0.349. The van der Waals surface area contributed by atoms with Gasteiger partial charge in [0.2, 0.25) is 0 Å². The first-order chi connectivity index (χ1) is 7.87. The maximum Gasteiger partial charge on any atom is 0.133 e. The van der Waals surface area contributed by atoms with Gasteiger partial charge in [0.25, 0.3) is 0 Å². The Labute approximate surface area is 106 Å². The van der Waals surface area contributed by atoms with E-state index in [1.165, 1.54) is 13.8 Å². The summed E-state index contributed by atoms with van der Waals surface area (Å²) in [5.41, 5.74) is -8.00. The molecule has 6 heteroatoms. The van der Waals surface area contributed by atoms with Crippen LogP contribution >= 0.6 is 0 Å². The molecule has 0 aromatic rings. The fourth-order valence-corrected chi connectivity index (χ4v) is 3.41. The molecule has 18 heavy (non-hydrogen) atoms. The van der Waals surface area contributed by atoms with Crippen LogP contribution in [0, 0.1) is 10.8 Å². The molecule has 0 aromatic carbocycles. The topological polar surface area (TPSA) is 121 Å². The third-order valence-corrected chi connectivity index (χ3v) is 5.65. The molecule has 0 spiro atoms. The van der Waals surface area contributed by atoms with E-state index >= 15 is 0 Å². The monoisotopic (exact) mass is 262 g/mol. The molecule has 0 saturated heterocycles. The Morgan fingerprint density at radius 2 is 1.44 bits per heavy atom. The first-order valence-electron chi connectivity index (χ1n) is 6.01. The van der Waals surface area contributed by atoms with E-state index in [9.17, 15) is 30.6 Å². The lowest BCUT2D eigenvalue weighted by atomic mass is 9.92. The Bertz CT molecular complexity index is 394. The van der Waals surface area contributed by atoms with Crippen LogP contribution in [-0.4, -0.2) is 66.3 Å². The SMILES string of the molecule is CC1(C)C(O)[C@@]1(O)[C@@H](O)[C@@]1(O)C(C)(C)[C@@]1(O)CO. The highest BCUT2D eigenvalue weighted by Crippen LogP contribution is 2.71. The molecule has 2 saturated carbocycles. The van der Waals surface area contributed by atoms with Crippen LogP contribution in [0.3, 0.4) is 0 Å². The van der Waals surface area contributed by atoms with Crippen molar-refractivity contribution >= 4 is 0 Å². The summed E-state index contributed by atoms with van der Waals surface area (Å²) in [7, 11) is 0. The summed E-state index contributed by atoms with van der Waals surface area (Å²) >= 11 is 0. The zero-order valence-corrected chi connectivity index (χ0v) is 11.0. The molecule has 2 aliphatic carbocycles. The van der Waals surface area contributed by atoms with Gasteiger partial charge in [-0.3, -0.25) is 0 Å². The number of hydrogen-bond acceptors (Lipinski definition) is 6. The molecule has 2 fully saturated rings. The number of aliphatic hydroxyl groups is 6. The second-order valence-electron chi connectivity index (χ2n) is 6.76. The molecule has 0 aromatic heterocycles. The third kappa shape index (κ3) is 0.994. The molecule has 6 nitrogen and oxygen atoms in total. The minimum absolute atomic E-state index is 0.736. The van der Waals surface area contributed by atoms with Gasteiger partial charge in [-0.1, -0.05) is 27.7 Å². The number of aliphatic hydroxyl groups excluding tert-OH is 3. The molecule has 5 atom stereocenters. The van der Waals surface area contributed by atoms with Gasteiger partial charge in [-0.2, -0.15) is 0 Å². The second kappa shape index (κ2) is 3.08. The smallest absolute Gasteiger partial charge is 0.133 e. The normalized spacial score (nSPS) is 54.0. The summed E-state index contributed by atoms with van der Waals surface area (Å²) < 4.78 is 0.